The lowest BCUT2D eigenvalue weighted by Gasteiger charge is -2.16. The molecule has 0 heterocycles. The van der Waals surface area contributed by atoms with Gasteiger partial charge in [-0.05, 0) is 49.9 Å². The van der Waals surface area contributed by atoms with E-state index in [4.69, 9.17) is 9.47 Å². The molecule has 0 bridgehead atoms. The van der Waals surface area contributed by atoms with Crippen molar-refractivity contribution in [2.45, 2.75) is 17.9 Å². The average molecular weight is 378 g/mol. The number of methoxy groups -OCH3 is 2. The molecule has 140 valence electrons. The van der Waals surface area contributed by atoms with Gasteiger partial charge in [-0.25, -0.2) is 13.1 Å². The van der Waals surface area contributed by atoms with Crippen molar-refractivity contribution in [3.63, 3.8) is 0 Å². The lowest BCUT2D eigenvalue weighted by Crippen LogP contribution is -2.27. The van der Waals surface area contributed by atoms with Crippen LogP contribution < -0.4 is 19.5 Å². The SMILES string of the molecule is CNS(=O)(=O)c1cc(C(=O)N[C@H](C)c2ccc(OC)cc2)ccc1OC. The van der Waals surface area contributed by atoms with Gasteiger partial charge in [0, 0.05) is 5.56 Å². The van der Waals surface area contributed by atoms with E-state index in [1.54, 1.807) is 7.11 Å². The van der Waals surface area contributed by atoms with Crippen LogP contribution >= 0.6 is 0 Å². The predicted octanol–water partition coefficient (Wildman–Crippen LogP) is 2.10. The van der Waals surface area contributed by atoms with Crippen molar-refractivity contribution in [2.24, 2.45) is 0 Å². The maximum Gasteiger partial charge on any atom is 0.251 e. The first kappa shape index (κ1) is 19.7. The summed E-state index contributed by atoms with van der Waals surface area (Å²) in [6.07, 6.45) is 0. The molecule has 8 heteroatoms. The molecule has 0 saturated carbocycles. The molecule has 0 aliphatic carbocycles. The van der Waals surface area contributed by atoms with Gasteiger partial charge in [0.25, 0.3) is 5.91 Å². The van der Waals surface area contributed by atoms with Crippen molar-refractivity contribution >= 4 is 15.9 Å². The lowest BCUT2D eigenvalue weighted by atomic mass is 10.1. The van der Waals surface area contributed by atoms with E-state index in [0.717, 1.165) is 11.3 Å². The molecule has 1 atom stereocenters. The van der Waals surface area contributed by atoms with Crippen LogP contribution in [-0.2, 0) is 10.0 Å². The molecule has 7 nitrogen and oxygen atoms in total. The topological polar surface area (TPSA) is 93.7 Å². The first-order chi connectivity index (χ1) is 12.3. The zero-order valence-corrected chi connectivity index (χ0v) is 15.9. The maximum absolute atomic E-state index is 12.5. The van der Waals surface area contributed by atoms with E-state index in [2.05, 4.69) is 10.0 Å². The Morgan fingerprint density at radius 2 is 1.69 bits per heavy atom. The summed E-state index contributed by atoms with van der Waals surface area (Å²) in [4.78, 5) is 12.4. The number of sulfonamides is 1. The fourth-order valence-corrected chi connectivity index (χ4v) is 3.31. The summed E-state index contributed by atoms with van der Waals surface area (Å²) in [7, 11) is 0.499. The molecule has 0 fully saturated rings. The Morgan fingerprint density at radius 1 is 1.04 bits per heavy atom. The van der Waals surface area contributed by atoms with Crippen molar-refractivity contribution in [2.75, 3.05) is 21.3 Å². The Morgan fingerprint density at radius 3 is 2.23 bits per heavy atom. The largest absolute Gasteiger partial charge is 0.497 e. The standard InChI is InChI=1S/C18H22N2O5S/c1-12(13-5-8-15(24-3)9-6-13)20-18(21)14-7-10-16(25-4)17(11-14)26(22,23)19-2/h5-12,19H,1-4H3,(H,20,21)/t12-/m1/s1. The number of hydrogen-bond donors (Lipinski definition) is 2. The van der Waals surface area contributed by atoms with Crippen molar-refractivity contribution in [3.05, 3.63) is 53.6 Å². The van der Waals surface area contributed by atoms with E-state index < -0.39 is 10.0 Å². The van der Waals surface area contributed by atoms with Crippen LogP contribution in [0.4, 0.5) is 0 Å². The molecular formula is C18H22N2O5S. The number of ether oxygens (including phenoxy) is 2. The van der Waals surface area contributed by atoms with Crippen LogP contribution in [0.15, 0.2) is 47.4 Å². The Kier molecular flexibility index (Phi) is 6.23. The third-order valence-corrected chi connectivity index (χ3v) is 5.38. The highest BCUT2D eigenvalue weighted by molar-refractivity contribution is 7.89. The Balaban J connectivity index is 2.24. The minimum absolute atomic E-state index is 0.0905. The Hall–Kier alpha value is -2.58. The van der Waals surface area contributed by atoms with Crippen molar-refractivity contribution in [1.29, 1.82) is 0 Å². The number of carbonyl (C=O) groups excluding carboxylic acids is 1. The van der Waals surface area contributed by atoms with Gasteiger partial charge in [-0.3, -0.25) is 4.79 Å². The van der Waals surface area contributed by atoms with Gasteiger partial charge in [0.1, 0.15) is 16.4 Å². The maximum atomic E-state index is 12.5. The van der Waals surface area contributed by atoms with Crippen LogP contribution in [0.3, 0.4) is 0 Å². The van der Waals surface area contributed by atoms with E-state index in [1.165, 1.54) is 32.4 Å². The molecule has 2 aromatic rings. The number of amides is 1. The Bertz CT molecular complexity index is 879. The minimum Gasteiger partial charge on any atom is -0.497 e. The number of benzene rings is 2. The van der Waals surface area contributed by atoms with Gasteiger partial charge in [-0.1, -0.05) is 12.1 Å². The first-order valence-electron chi connectivity index (χ1n) is 7.88. The quantitative estimate of drug-likeness (QED) is 0.770. The summed E-state index contributed by atoms with van der Waals surface area (Å²) in [6, 6.07) is 11.3. The van der Waals surface area contributed by atoms with E-state index in [0.29, 0.717) is 0 Å². The van der Waals surface area contributed by atoms with Crippen LogP contribution in [0, 0.1) is 0 Å². The van der Waals surface area contributed by atoms with E-state index >= 15 is 0 Å². The summed E-state index contributed by atoms with van der Waals surface area (Å²) in [6.45, 7) is 1.84. The van der Waals surface area contributed by atoms with Crippen molar-refractivity contribution < 1.29 is 22.7 Å². The summed E-state index contributed by atoms with van der Waals surface area (Å²) in [5.41, 5.74) is 1.12. The third kappa shape index (κ3) is 4.33. The molecule has 0 saturated heterocycles. The minimum atomic E-state index is -3.75. The van der Waals surface area contributed by atoms with E-state index in [9.17, 15) is 13.2 Å². The number of hydrogen-bond acceptors (Lipinski definition) is 5. The third-order valence-electron chi connectivity index (χ3n) is 3.95. The van der Waals surface area contributed by atoms with Gasteiger partial charge in [0.15, 0.2) is 0 Å². The molecule has 0 spiro atoms. The fraction of sp³-hybridized carbons (Fsp3) is 0.278. The summed E-state index contributed by atoms with van der Waals surface area (Å²) in [5, 5.41) is 2.85. The summed E-state index contributed by atoms with van der Waals surface area (Å²) in [5.74, 6) is 0.506. The second kappa shape index (κ2) is 8.20. The first-order valence-corrected chi connectivity index (χ1v) is 9.37. The highest BCUT2D eigenvalue weighted by Crippen LogP contribution is 2.25. The van der Waals surface area contributed by atoms with Crippen LogP contribution in [0.5, 0.6) is 11.5 Å². The summed E-state index contributed by atoms with van der Waals surface area (Å²) >= 11 is 0. The zero-order valence-electron chi connectivity index (χ0n) is 15.1. The van der Waals surface area contributed by atoms with Gasteiger partial charge in [0.2, 0.25) is 10.0 Å². The number of nitrogens with one attached hydrogen (secondary N) is 2. The zero-order chi connectivity index (χ0) is 19.3. The molecule has 0 aromatic heterocycles. The second-order valence-corrected chi connectivity index (χ2v) is 7.40. The lowest BCUT2D eigenvalue weighted by molar-refractivity contribution is 0.0939. The molecule has 2 N–H and O–H groups in total. The van der Waals surface area contributed by atoms with Gasteiger partial charge in [0.05, 0.1) is 20.3 Å². The highest BCUT2D eigenvalue weighted by Gasteiger charge is 2.21. The molecule has 2 rings (SSSR count). The molecule has 0 aliphatic heterocycles. The average Bonchev–Trinajstić information content (AvgIpc) is 2.67. The van der Waals surface area contributed by atoms with Gasteiger partial charge in [-0.2, -0.15) is 0 Å². The highest BCUT2D eigenvalue weighted by atomic mass is 32.2. The summed E-state index contributed by atoms with van der Waals surface area (Å²) < 4.78 is 36.7. The Labute approximate surface area is 153 Å². The second-order valence-electron chi connectivity index (χ2n) is 5.54. The monoisotopic (exact) mass is 378 g/mol. The van der Waals surface area contributed by atoms with Gasteiger partial charge < -0.3 is 14.8 Å². The van der Waals surface area contributed by atoms with Crippen LogP contribution in [0.1, 0.15) is 28.9 Å². The van der Waals surface area contributed by atoms with Crippen molar-refractivity contribution in [1.82, 2.24) is 10.0 Å². The smallest absolute Gasteiger partial charge is 0.251 e. The molecule has 2 aromatic carbocycles. The normalized spacial score (nSPS) is 12.3. The molecule has 1 amide bonds. The van der Waals surface area contributed by atoms with Gasteiger partial charge >= 0.3 is 0 Å². The number of rotatable bonds is 7. The van der Waals surface area contributed by atoms with E-state index in [-0.39, 0.29) is 28.2 Å². The van der Waals surface area contributed by atoms with Crippen molar-refractivity contribution in [3.8, 4) is 11.5 Å². The number of carbonyl (C=O) groups is 1. The van der Waals surface area contributed by atoms with E-state index in [1.807, 2.05) is 31.2 Å². The van der Waals surface area contributed by atoms with Crippen LogP contribution in [0.2, 0.25) is 0 Å². The fourth-order valence-electron chi connectivity index (χ4n) is 2.39. The molecule has 0 radical (unpaired) electrons. The van der Waals surface area contributed by atoms with Crippen LogP contribution in [0.25, 0.3) is 0 Å². The molecule has 26 heavy (non-hydrogen) atoms. The molecular weight excluding hydrogens is 356 g/mol. The molecule has 0 unspecified atom stereocenters. The molecule has 0 aliphatic rings. The van der Waals surface area contributed by atoms with Gasteiger partial charge in [-0.15, -0.1) is 0 Å². The predicted molar refractivity (Wildman–Crippen MR) is 98.1 cm³/mol. The van der Waals surface area contributed by atoms with Crippen LogP contribution in [-0.4, -0.2) is 35.6 Å².